The highest BCUT2D eigenvalue weighted by Crippen LogP contribution is 2.54. The van der Waals surface area contributed by atoms with Gasteiger partial charge in [-0.3, -0.25) is 38.6 Å². The largest absolute Gasteiger partial charge is 0.382 e. The molecule has 5 fully saturated rings. The van der Waals surface area contributed by atoms with Gasteiger partial charge in [-0.1, -0.05) is 11.6 Å². The Balaban J connectivity index is 0.699. The lowest BCUT2D eigenvalue weighted by Gasteiger charge is -2.54. The van der Waals surface area contributed by atoms with Gasteiger partial charge in [-0.25, -0.2) is 19.3 Å². The molecule has 4 atom stereocenters. The Morgan fingerprint density at radius 3 is 2.42 bits per heavy atom. The Bertz CT molecular complexity index is 2750. The van der Waals surface area contributed by atoms with Crippen molar-refractivity contribution in [1.29, 1.82) is 0 Å². The number of likely N-dealkylation sites (tertiary alicyclic amines) is 1. The summed E-state index contributed by atoms with van der Waals surface area (Å²) >= 11 is 6.02. The van der Waals surface area contributed by atoms with Gasteiger partial charge in [0.1, 0.15) is 34.7 Å². The molecule has 4 saturated heterocycles. The topological polar surface area (TPSA) is 191 Å². The van der Waals surface area contributed by atoms with Gasteiger partial charge < -0.3 is 25.8 Å². The number of hydrogen-bond acceptors (Lipinski definition) is 12. The molecule has 5 aromatic rings. The van der Waals surface area contributed by atoms with Crippen LogP contribution in [0.4, 0.5) is 27.7 Å². The molecule has 3 aromatic heterocycles. The number of halogens is 2. The zero-order valence-corrected chi connectivity index (χ0v) is 34.1. The fourth-order valence-electron chi connectivity index (χ4n) is 10.6. The molecule has 4 N–H and O–H groups in total. The highest BCUT2D eigenvalue weighted by Gasteiger charge is 2.58. The molecule has 1 spiro atoms. The Hall–Kier alpha value is -6.46. The molecule has 11 rings (SSSR count). The number of carbonyl (C=O) groups is 5. The number of piperidine rings is 3. The van der Waals surface area contributed by atoms with E-state index >= 15 is 4.39 Å². The molecule has 6 aliphatic rings. The van der Waals surface area contributed by atoms with Gasteiger partial charge in [-0.2, -0.15) is 0 Å². The van der Waals surface area contributed by atoms with E-state index in [1.807, 2.05) is 10.5 Å². The van der Waals surface area contributed by atoms with Crippen LogP contribution < -0.4 is 26.2 Å². The first-order valence-corrected chi connectivity index (χ1v) is 21.2. The molecule has 2 aromatic carbocycles. The maximum absolute atomic E-state index is 15.8. The number of nitrogens with two attached hydrogens (primary N) is 1. The molecule has 316 valence electrons. The minimum absolute atomic E-state index is 0.0855. The number of amides is 5. The first-order valence-electron chi connectivity index (χ1n) is 20.9. The van der Waals surface area contributed by atoms with Crippen LogP contribution in [-0.4, -0.2) is 111 Å². The van der Waals surface area contributed by atoms with E-state index in [0.29, 0.717) is 51.1 Å². The zero-order chi connectivity index (χ0) is 42.6. The number of nitrogen functional groups attached to an aromatic ring is 1. The van der Waals surface area contributed by atoms with Crippen molar-refractivity contribution < 1.29 is 28.4 Å². The van der Waals surface area contributed by atoms with E-state index in [1.54, 1.807) is 30.6 Å². The maximum atomic E-state index is 15.8. The molecule has 0 radical (unpaired) electrons. The molecular weight excluding hydrogens is 817 g/mol. The van der Waals surface area contributed by atoms with Gasteiger partial charge in [-0.05, 0) is 91.0 Å². The van der Waals surface area contributed by atoms with E-state index in [4.69, 9.17) is 22.3 Å². The molecule has 62 heavy (non-hydrogen) atoms. The number of nitrogens with one attached hydrogen (secondary N) is 2. The van der Waals surface area contributed by atoms with Crippen molar-refractivity contribution in [3.63, 3.8) is 0 Å². The van der Waals surface area contributed by atoms with E-state index in [0.717, 1.165) is 69.2 Å². The first-order chi connectivity index (χ1) is 29.9. The summed E-state index contributed by atoms with van der Waals surface area (Å²) in [6, 6.07) is 11.7. The van der Waals surface area contributed by atoms with Crippen LogP contribution in [-0.2, 0) is 9.59 Å². The first kappa shape index (κ1) is 38.5. The normalized spacial score (nSPS) is 24.1. The van der Waals surface area contributed by atoms with Crippen molar-refractivity contribution in [2.75, 3.05) is 66.7 Å². The van der Waals surface area contributed by atoms with Crippen LogP contribution in [0.2, 0.25) is 5.02 Å². The number of hydrogen-bond donors (Lipinski definition) is 3. The Labute approximate surface area is 359 Å². The van der Waals surface area contributed by atoms with Crippen molar-refractivity contribution in [1.82, 2.24) is 34.5 Å². The van der Waals surface area contributed by atoms with Crippen molar-refractivity contribution in [2.45, 2.75) is 31.7 Å². The Morgan fingerprint density at radius 1 is 0.919 bits per heavy atom. The second kappa shape index (κ2) is 14.3. The van der Waals surface area contributed by atoms with E-state index in [9.17, 15) is 24.0 Å². The number of nitrogens with zero attached hydrogens (tertiary/aromatic N) is 8. The van der Waals surface area contributed by atoms with Gasteiger partial charge in [-0.15, -0.1) is 0 Å². The van der Waals surface area contributed by atoms with Crippen molar-refractivity contribution in [3.8, 4) is 11.3 Å². The predicted octanol–water partition coefficient (Wildman–Crippen LogP) is 4.10. The molecule has 16 nitrogen and oxygen atoms in total. The third-order valence-electron chi connectivity index (χ3n) is 13.9. The lowest BCUT2D eigenvalue weighted by atomic mass is 9.72. The van der Waals surface area contributed by atoms with Crippen LogP contribution in [0.15, 0.2) is 67.1 Å². The highest BCUT2D eigenvalue weighted by molar-refractivity contribution is 6.30. The summed E-state index contributed by atoms with van der Waals surface area (Å²) in [4.78, 5) is 85.0. The van der Waals surface area contributed by atoms with Crippen LogP contribution in [0.5, 0.6) is 0 Å². The SMILES string of the molecule is Nc1nccn2c(N3CCC4(CC3)CN(C[C@H]3[C@H]5CN(c6ccc7c(c6)C(=O)N(C6CCC(=O)NC6=O)C7=O)C[C@@H]35)C4)nc(-c3ccc(C(=O)Nc4cc(Cl)ccn4)cc3F)c12. The molecule has 18 heteroatoms. The van der Waals surface area contributed by atoms with E-state index in [1.165, 1.54) is 30.5 Å². The van der Waals surface area contributed by atoms with Gasteiger partial charge in [0.25, 0.3) is 17.7 Å². The molecular formula is C44H41ClFN11O5. The third-order valence-corrected chi connectivity index (χ3v) is 14.1. The highest BCUT2D eigenvalue weighted by atomic mass is 35.5. The summed E-state index contributed by atoms with van der Waals surface area (Å²) < 4.78 is 17.7. The summed E-state index contributed by atoms with van der Waals surface area (Å²) in [6.07, 6.45) is 7.09. The van der Waals surface area contributed by atoms with E-state index < -0.39 is 41.4 Å². The van der Waals surface area contributed by atoms with Crippen LogP contribution in [0.3, 0.4) is 0 Å². The minimum Gasteiger partial charge on any atom is -0.382 e. The monoisotopic (exact) mass is 857 g/mol. The van der Waals surface area contributed by atoms with Crippen molar-refractivity contribution in [3.05, 3.63) is 94.7 Å². The lowest BCUT2D eigenvalue weighted by molar-refractivity contribution is -0.136. The van der Waals surface area contributed by atoms with Gasteiger partial charge in [0.2, 0.25) is 17.8 Å². The van der Waals surface area contributed by atoms with Gasteiger partial charge in [0.15, 0.2) is 0 Å². The predicted molar refractivity (Wildman–Crippen MR) is 226 cm³/mol. The molecule has 5 aliphatic heterocycles. The molecule has 1 saturated carbocycles. The van der Waals surface area contributed by atoms with Gasteiger partial charge in [0, 0.05) is 92.7 Å². The third kappa shape index (κ3) is 6.35. The van der Waals surface area contributed by atoms with Gasteiger partial charge >= 0.3 is 0 Å². The van der Waals surface area contributed by atoms with Crippen molar-refractivity contribution >= 4 is 69.9 Å². The number of fused-ring (bicyclic) bond motifs is 3. The second-order valence-electron chi connectivity index (χ2n) is 17.5. The minimum atomic E-state index is -0.980. The van der Waals surface area contributed by atoms with E-state index in [2.05, 4.69) is 35.3 Å². The fraction of sp³-hybridized carbons (Fsp3) is 0.364. The zero-order valence-electron chi connectivity index (χ0n) is 33.4. The number of benzene rings is 2. The summed E-state index contributed by atoms with van der Waals surface area (Å²) in [5.41, 5.74) is 9.31. The smallest absolute Gasteiger partial charge is 0.262 e. The average molecular weight is 858 g/mol. The number of anilines is 4. The number of imide groups is 2. The summed E-state index contributed by atoms with van der Waals surface area (Å²) in [7, 11) is 0. The second-order valence-corrected chi connectivity index (χ2v) is 18.0. The molecule has 1 aliphatic carbocycles. The number of rotatable bonds is 8. The quantitative estimate of drug-likeness (QED) is 0.190. The molecule has 1 unspecified atom stereocenters. The summed E-state index contributed by atoms with van der Waals surface area (Å²) in [5.74, 6) is -0.204. The van der Waals surface area contributed by atoms with Crippen molar-refractivity contribution in [2.24, 2.45) is 23.2 Å². The Morgan fingerprint density at radius 2 is 1.68 bits per heavy atom. The van der Waals surface area contributed by atoms with E-state index in [-0.39, 0.29) is 41.0 Å². The van der Waals surface area contributed by atoms with Crippen LogP contribution in [0, 0.1) is 29.0 Å². The standard InChI is InChI=1S/C44H41ClFN11O5/c45-24-7-10-48-34(16-24)50-39(59)23-1-3-27(32(46)15-23)36-37-38(47)49-11-14-56(37)43(52-36)54-12-8-44(9-13-54)21-53(22-44)18-29-30-19-55(20-31(29)30)25-2-4-26-28(17-25)42(62)57(41(26)61)33-5-6-35(58)51-40(33)60/h1-4,7,10-11,14-17,29-31,33H,5-6,8-9,12-13,18-22H2,(H2,47,49)(H,48,50,59)(H,51,58,60)/t29-,30+,31-,33?. The number of imidazole rings is 1. The van der Waals surface area contributed by atoms with Crippen LogP contribution in [0.25, 0.3) is 16.8 Å². The fourth-order valence-corrected chi connectivity index (χ4v) is 10.7. The van der Waals surface area contributed by atoms with Crippen LogP contribution >= 0.6 is 11.6 Å². The summed E-state index contributed by atoms with van der Waals surface area (Å²) in [6.45, 7) is 6.53. The molecule has 5 amide bonds. The summed E-state index contributed by atoms with van der Waals surface area (Å²) in [5, 5.41) is 5.30. The van der Waals surface area contributed by atoms with Crippen LogP contribution in [0.1, 0.15) is 56.8 Å². The number of pyridine rings is 1. The molecule has 0 bridgehead atoms. The average Bonchev–Trinajstić information content (AvgIpc) is 3.52. The lowest BCUT2D eigenvalue weighted by Crippen LogP contribution is -2.61. The maximum Gasteiger partial charge on any atom is 0.262 e. The molecule has 8 heterocycles. The number of carbonyl (C=O) groups excluding carboxylic acids is 5. The van der Waals surface area contributed by atoms with Gasteiger partial charge in [0.05, 0.1) is 11.1 Å². The Kier molecular flexibility index (Phi) is 8.87. The number of aromatic nitrogens is 4.